The molecule has 0 fully saturated rings. The first-order valence-corrected chi connectivity index (χ1v) is 10.1. The van der Waals surface area contributed by atoms with Gasteiger partial charge in [-0.05, 0) is 67.9 Å². The molecular weight excluding hydrogens is 402 g/mol. The summed E-state index contributed by atoms with van der Waals surface area (Å²) in [6.45, 7) is 7.76. The summed E-state index contributed by atoms with van der Waals surface area (Å²) in [5.41, 5.74) is 6.32. The maximum Gasteiger partial charge on any atom is 0.276 e. The van der Waals surface area contributed by atoms with Gasteiger partial charge in [0.25, 0.3) is 11.8 Å². The zero-order valence-corrected chi connectivity index (χ0v) is 18.3. The fraction of sp³-hybridized carbons (Fsp3) is 0.318. The van der Waals surface area contributed by atoms with Crippen molar-refractivity contribution in [2.75, 3.05) is 6.61 Å². The number of hydrogen-bond acceptors (Lipinski definition) is 5. The number of thiocarbonyl (C=S) groups is 1. The van der Waals surface area contributed by atoms with E-state index in [0.29, 0.717) is 17.1 Å². The van der Waals surface area contributed by atoms with E-state index in [-0.39, 0.29) is 23.7 Å². The van der Waals surface area contributed by atoms with Crippen LogP contribution in [0.15, 0.2) is 48.5 Å². The van der Waals surface area contributed by atoms with E-state index in [1.54, 1.807) is 24.3 Å². The molecule has 0 radical (unpaired) electrons. The van der Waals surface area contributed by atoms with Crippen LogP contribution in [0.4, 0.5) is 0 Å². The molecule has 8 heteroatoms. The second-order valence-electron chi connectivity index (χ2n) is 7.13. The number of para-hydroxylation sites is 1. The molecule has 2 aromatic rings. The Kier molecular flexibility index (Phi) is 8.61. The lowest BCUT2D eigenvalue weighted by molar-refractivity contribution is -0.123. The van der Waals surface area contributed by atoms with E-state index in [1.807, 2.05) is 38.1 Å². The molecule has 2 aromatic carbocycles. The predicted octanol–water partition coefficient (Wildman–Crippen LogP) is 3.31. The number of hydrazine groups is 1. The molecule has 0 unspecified atom stereocenters. The van der Waals surface area contributed by atoms with Gasteiger partial charge in [-0.15, -0.1) is 0 Å². The van der Waals surface area contributed by atoms with Crippen LogP contribution in [0.1, 0.15) is 49.5 Å². The molecule has 3 N–H and O–H groups in total. The molecule has 0 aromatic heterocycles. The minimum atomic E-state index is -0.430. The normalized spacial score (nSPS) is 10.5. The number of ether oxygens (including phenoxy) is 2. The van der Waals surface area contributed by atoms with E-state index in [9.17, 15) is 9.59 Å². The molecule has 0 bridgehead atoms. The van der Waals surface area contributed by atoms with Gasteiger partial charge in [-0.3, -0.25) is 25.8 Å². The van der Waals surface area contributed by atoms with Crippen molar-refractivity contribution >= 4 is 29.1 Å². The average molecular weight is 430 g/mol. The van der Waals surface area contributed by atoms with Crippen LogP contribution in [0.5, 0.6) is 11.5 Å². The summed E-state index contributed by atoms with van der Waals surface area (Å²) >= 11 is 5.04. The van der Waals surface area contributed by atoms with Crippen molar-refractivity contribution in [3.8, 4) is 11.5 Å². The summed E-state index contributed by atoms with van der Waals surface area (Å²) in [5.74, 6) is 0.772. The third-order valence-electron chi connectivity index (χ3n) is 3.93. The Morgan fingerprint density at radius 1 is 0.967 bits per heavy atom. The van der Waals surface area contributed by atoms with Gasteiger partial charge in [0, 0.05) is 5.56 Å². The lowest BCUT2D eigenvalue weighted by Crippen LogP contribution is -2.49. The van der Waals surface area contributed by atoms with E-state index in [0.717, 1.165) is 5.56 Å². The Morgan fingerprint density at radius 3 is 2.27 bits per heavy atom. The van der Waals surface area contributed by atoms with Gasteiger partial charge in [-0.2, -0.15) is 0 Å². The maximum absolute atomic E-state index is 12.2. The summed E-state index contributed by atoms with van der Waals surface area (Å²) in [5, 5.41) is 2.47. The summed E-state index contributed by atoms with van der Waals surface area (Å²) in [6, 6.07) is 14.2. The molecule has 0 aliphatic rings. The predicted molar refractivity (Wildman–Crippen MR) is 120 cm³/mol. The van der Waals surface area contributed by atoms with Crippen LogP contribution in [-0.2, 0) is 4.79 Å². The van der Waals surface area contributed by atoms with Crippen molar-refractivity contribution in [2.45, 2.75) is 39.7 Å². The second-order valence-corrected chi connectivity index (χ2v) is 7.54. The van der Waals surface area contributed by atoms with E-state index in [4.69, 9.17) is 21.7 Å². The SMILES string of the molecule is CC(C)Oc1ccc(C(=O)NC(=S)NNC(=O)COc2ccccc2C(C)C)cc1. The van der Waals surface area contributed by atoms with Crippen molar-refractivity contribution in [1.82, 2.24) is 16.2 Å². The Hall–Kier alpha value is -3.13. The van der Waals surface area contributed by atoms with E-state index >= 15 is 0 Å². The first-order valence-electron chi connectivity index (χ1n) is 9.65. The van der Waals surface area contributed by atoms with Crippen LogP contribution in [0.3, 0.4) is 0 Å². The van der Waals surface area contributed by atoms with Crippen LogP contribution < -0.4 is 25.6 Å². The topological polar surface area (TPSA) is 88.7 Å². The molecule has 2 rings (SSSR count). The van der Waals surface area contributed by atoms with Gasteiger partial charge < -0.3 is 9.47 Å². The number of benzene rings is 2. The van der Waals surface area contributed by atoms with Crippen molar-refractivity contribution in [2.24, 2.45) is 0 Å². The van der Waals surface area contributed by atoms with Crippen molar-refractivity contribution < 1.29 is 19.1 Å². The third kappa shape index (κ3) is 7.36. The summed E-state index contributed by atoms with van der Waals surface area (Å²) in [4.78, 5) is 24.2. The van der Waals surface area contributed by atoms with Crippen LogP contribution >= 0.6 is 12.2 Å². The highest BCUT2D eigenvalue weighted by Gasteiger charge is 2.11. The fourth-order valence-electron chi connectivity index (χ4n) is 2.56. The Morgan fingerprint density at radius 2 is 1.63 bits per heavy atom. The molecule has 0 aliphatic heterocycles. The molecule has 0 atom stereocenters. The van der Waals surface area contributed by atoms with Gasteiger partial charge >= 0.3 is 0 Å². The van der Waals surface area contributed by atoms with Crippen LogP contribution in [0, 0.1) is 0 Å². The molecular formula is C22H27N3O4S. The average Bonchev–Trinajstić information content (AvgIpc) is 2.70. The smallest absolute Gasteiger partial charge is 0.276 e. The van der Waals surface area contributed by atoms with E-state index < -0.39 is 11.8 Å². The Balaban J connectivity index is 1.77. The van der Waals surface area contributed by atoms with Gasteiger partial charge in [0.1, 0.15) is 11.5 Å². The fourth-order valence-corrected chi connectivity index (χ4v) is 2.70. The Bertz CT molecular complexity index is 882. The molecule has 0 saturated heterocycles. The summed E-state index contributed by atoms with van der Waals surface area (Å²) in [7, 11) is 0. The minimum Gasteiger partial charge on any atom is -0.491 e. The molecule has 30 heavy (non-hydrogen) atoms. The van der Waals surface area contributed by atoms with Crippen molar-refractivity contribution in [3.63, 3.8) is 0 Å². The number of nitrogens with one attached hydrogen (secondary N) is 3. The number of rotatable bonds is 7. The quantitative estimate of drug-likeness (QED) is 0.462. The summed E-state index contributed by atoms with van der Waals surface area (Å²) in [6.07, 6.45) is 0.0490. The van der Waals surface area contributed by atoms with Crippen LogP contribution in [0.25, 0.3) is 0 Å². The van der Waals surface area contributed by atoms with E-state index in [2.05, 4.69) is 30.0 Å². The second kappa shape index (κ2) is 11.2. The molecule has 160 valence electrons. The van der Waals surface area contributed by atoms with Gasteiger partial charge in [-0.1, -0.05) is 32.0 Å². The van der Waals surface area contributed by atoms with Gasteiger partial charge in [0.05, 0.1) is 6.10 Å². The molecule has 0 heterocycles. The first-order chi connectivity index (χ1) is 14.3. The van der Waals surface area contributed by atoms with Crippen LogP contribution in [0.2, 0.25) is 0 Å². The highest BCUT2D eigenvalue weighted by Crippen LogP contribution is 2.25. The molecule has 0 spiro atoms. The monoisotopic (exact) mass is 429 g/mol. The number of hydrogen-bond donors (Lipinski definition) is 3. The highest BCUT2D eigenvalue weighted by molar-refractivity contribution is 7.80. The molecule has 0 aliphatic carbocycles. The van der Waals surface area contributed by atoms with Crippen LogP contribution in [-0.4, -0.2) is 29.6 Å². The number of carbonyl (C=O) groups excluding carboxylic acids is 2. The molecule has 7 nitrogen and oxygen atoms in total. The number of amides is 2. The summed E-state index contributed by atoms with van der Waals surface area (Å²) < 4.78 is 11.1. The standard InChI is InChI=1S/C22H27N3O4S/c1-14(2)18-7-5-6-8-19(18)28-13-20(26)24-25-22(30)23-21(27)16-9-11-17(12-10-16)29-15(3)4/h5-12,14-15H,13H2,1-4H3,(H,24,26)(H2,23,25,27,30). The minimum absolute atomic E-state index is 0.0292. The third-order valence-corrected chi connectivity index (χ3v) is 4.13. The van der Waals surface area contributed by atoms with Gasteiger partial charge in [0.2, 0.25) is 0 Å². The number of carbonyl (C=O) groups is 2. The van der Waals surface area contributed by atoms with Crippen molar-refractivity contribution in [1.29, 1.82) is 0 Å². The molecule has 0 saturated carbocycles. The zero-order valence-electron chi connectivity index (χ0n) is 17.5. The van der Waals surface area contributed by atoms with E-state index in [1.165, 1.54) is 0 Å². The first kappa shape index (κ1) is 23.2. The lowest BCUT2D eigenvalue weighted by atomic mass is 10.0. The largest absolute Gasteiger partial charge is 0.491 e. The highest BCUT2D eigenvalue weighted by atomic mass is 32.1. The van der Waals surface area contributed by atoms with Gasteiger partial charge in [0.15, 0.2) is 11.7 Å². The lowest BCUT2D eigenvalue weighted by Gasteiger charge is -2.14. The molecule has 2 amide bonds. The zero-order chi connectivity index (χ0) is 22.1. The van der Waals surface area contributed by atoms with Crippen molar-refractivity contribution in [3.05, 3.63) is 59.7 Å². The maximum atomic E-state index is 12.2. The Labute approximate surface area is 182 Å². The van der Waals surface area contributed by atoms with Gasteiger partial charge in [-0.25, -0.2) is 0 Å².